The second-order valence-corrected chi connectivity index (χ2v) is 3.42. The molecule has 2 rings (SSSR count). The maximum atomic E-state index is 4.30. The molecule has 0 saturated carbocycles. The fourth-order valence-corrected chi connectivity index (χ4v) is 1.42. The molecule has 0 N–H and O–H groups in total. The van der Waals surface area contributed by atoms with Crippen LogP contribution >= 0.6 is 0 Å². The van der Waals surface area contributed by atoms with Gasteiger partial charge in [-0.05, 0) is 11.6 Å². The van der Waals surface area contributed by atoms with E-state index < -0.39 is 0 Å². The Hall–Kier alpha value is -1.90. The van der Waals surface area contributed by atoms with E-state index in [2.05, 4.69) is 22.9 Å². The second kappa shape index (κ2) is 4.09. The lowest BCUT2D eigenvalue weighted by Crippen LogP contribution is -1.92. The summed E-state index contributed by atoms with van der Waals surface area (Å²) in [6.45, 7) is 3.91. The van der Waals surface area contributed by atoms with Crippen molar-refractivity contribution in [1.82, 2.24) is 15.0 Å². The molecule has 0 bridgehead atoms. The van der Waals surface area contributed by atoms with Crippen molar-refractivity contribution < 1.29 is 0 Å². The van der Waals surface area contributed by atoms with Gasteiger partial charge in [0.2, 0.25) is 0 Å². The third-order valence-corrected chi connectivity index (χ3v) is 2.14. The van der Waals surface area contributed by atoms with Gasteiger partial charge in [-0.25, -0.2) is 0 Å². The van der Waals surface area contributed by atoms with E-state index in [0.29, 0.717) is 0 Å². The summed E-state index contributed by atoms with van der Waals surface area (Å²) >= 11 is 0. The van der Waals surface area contributed by atoms with Gasteiger partial charge in [-0.3, -0.25) is 0 Å². The molecule has 76 valence electrons. The molecule has 0 amide bonds. The SMILES string of the molecule is C=C1/C=C\C=C/Cc2nn(C)nc2/C=C\1. The molecule has 3 nitrogen and oxygen atoms in total. The lowest BCUT2D eigenvalue weighted by molar-refractivity contribution is 0.646. The van der Waals surface area contributed by atoms with Gasteiger partial charge in [-0.2, -0.15) is 15.0 Å². The van der Waals surface area contributed by atoms with Gasteiger partial charge >= 0.3 is 0 Å². The van der Waals surface area contributed by atoms with Gasteiger partial charge in [-0.15, -0.1) is 0 Å². The van der Waals surface area contributed by atoms with Crippen molar-refractivity contribution >= 4 is 6.08 Å². The summed E-state index contributed by atoms with van der Waals surface area (Å²) in [7, 11) is 1.83. The van der Waals surface area contributed by atoms with Crippen molar-refractivity contribution in [3.05, 3.63) is 53.9 Å². The fraction of sp³-hybridized carbons (Fsp3) is 0.167. The highest BCUT2D eigenvalue weighted by molar-refractivity contribution is 5.53. The molecule has 1 aromatic heterocycles. The lowest BCUT2D eigenvalue weighted by Gasteiger charge is -1.93. The lowest BCUT2D eigenvalue weighted by atomic mass is 10.1. The Morgan fingerprint density at radius 3 is 2.93 bits per heavy atom. The Kier molecular flexibility index (Phi) is 2.63. The standard InChI is InChI=1S/C12H13N3/c1-10-6-4-3-5-7-11-12(9-8-10)14-15(2)13-11/h3-6,8-9H,1,7H2,2H3/b5-3-,6-4-,9-8-. The molecule has 0 unspecified atom stereocenters. The molecule has 0 spiro atoms. The zero-order chi connectivity index (χ0) is 10.7. The van der Waals surface area contributed by atoms with E-state index in [0.717, 1.165) is 23.4 Å². The minimum atomic E-state index is 0.810. The van der Waals surface area contributed by atoms with Crippen LogP contribution in [-0.2, 0) is 13.5 Å². The van der Waals surface area contributed by atoms with E-state index in [-0.39, 0.29) is 0 Å². The first-order valence-electron chi connectivity index (χ1n) is 4.86. The van der Waals surface area contributed by atoms with E-state index in [1.165, 1.54) is 0 Å². The van der Waals surface area contributed by atoms with Crippen LogP contribution in [0.1, 0.15) is 11.4 Å². The number of aryl methyl sites for hydroxylation is 1. The largest absolute Gasteiger partial charge is 0.187 e. The van der Waals surface area contributed by atoms with Crippen molar-refractivity contribution in [3.8, 4) is 0 Å². The maximum absolute atomic E-state index is 4.30. The number of hydrogen-bond acceptors (Lipinski definition) is 2. The van der Waals surface area contributed by atoms with Crippen molar-refractivity contribution in [2.45, 2.75) is 6.42 Å². The molecule has 0 aromatic carbocycles. The van der Waals surface area contributed by atoms with Crippen molar-refractivity contribution in [1.29, 1.82) is 0 Å². The third-order valence-electron chi connectivity index (χ3n) is 2.14. The van der Waals surface area contributed by atoms with Crippen LogP contribution in [0.3, 0.4) is 0 Å². The number of rotatable bonds is 0. The van der Waals surface area contributed by atoms with Crippen LogP contribution in [0.4, 0.5) is 0 Å². The van der Waals surface area contributed by atoms with Crippen LogP contribution in [0.15, 0.2) is 42.5 Å². The monoisotopic (exact) mass is 199 g/mol. The van der Waals surface area contributed by atoms with Gasteiger partial charge in [0.25, 0.3) is 0 Å². The summed E-state index contributed by atoms with van der Waals surface area (Å²) in [6.07, 6.45) is 12.7. The number of nitrogens with zero attached hydrogens (tertiary/aromatic N) is 3. The van der Waals surface area contributed by atoms with Crippen molar-refractivity contribution in [2.75, 3.05) is 0 Å². The highest BCUT2D eigenvalue weighted by Gasteiger charge is 2.04. The van der Waals surface area contributed by atoms with E-state index in [9.17, 15) is 0 Å². The first kappa shape index (κ1) is 9.65. The molecule has 3 heteroatoms. The van der Waals surface area contributed by atoms with Gasteiger partial charge in [0, 0.05) is 13.5 Å². The average molecular weight is 199 g/mol. The summed E-state index contributed by atoms with van der Waals surface area (Å²) in [5, 5.41) is 8.58. The van der Waals surface area contributed by atoms with Crippen LogP contribution in [0.2, 0.25) is 0 Å². The van der Waals surface area contributed by atoms with Gasteiger partial charge in [-0.1, -0.05) is 37.0 Å². The predicted octanol–water partition coefficient (Wildman–Crippen LogP) is 2.05. The Labute approximate surface area is 89.1 Å². The fourth-order valence-electron chi connectivity index (χ4n) is 1.42. The first-order valence-corrected chi connectivity index (χ1v) is 4.86. The summed E-state index contributed by atoms with van der Waals surface area (Å²) in [5.74, 6) is 0. The Morgan fingerprint density at radius 2 is 2.07 bits per heavy atom. The maximum Gasteiger partial charge on any atom is 0.109 e. The van der Waals surface area contributed by atoms with Crippen LogP contribution in [0.25, 0.3) is 6.08 Å². The van der Waals surface area contributed by atoms with Gasteiger partial charge in [0.05, 0.1) is 5.69 Å². The van der Waals surface area contributed by atoms with Gasteiger partial charge in [0.1, 0.15) is 5.69 Å². The summed E-state index contributed by atoms with van der Waals surface area (Å²) in [4.78, 5) is 1.59. The van der Waals surface area contributed by atoms with Crippen LogP contribution in [-0.4, -0.2) is 15.0 Å². The summed E-state index contributed by atoms with van der Waals surface area (Å²) in [5.41, 5.74) is 2.87. The normalized spacial score (nSPS) is 21.8. The molecular formula is C12H13N3. The molecule has 0 aliphatic heterocycles. The molecule has 0 radical (unpaired) electrons. The molecular weight excluding hydrogens is 186 g/mol. The minimum absolute atomic E-state index is 0.810. The molecule has 0 saturated heterocycles. The number of hydrogen-bond donors (Lipinski definition) is 0. The van der Waals surface area contributed by atoms with E-state index >= 15 is 0 Å². The number of aromatic nitrogens is 3. The molecule has 1 aliphatic rings. The smallest absolute Gasteiger partial charge is 0.109 e. The molecule has 1 aromatic rings. The predicted molar refractivity (Wildman–Crippen MR) is 61.2 cm³/mol. The first-order chi connectivity index (χ1) is 7.25. The molecule has 0 fully saturated rings. The highest BCUT2D eigenvalue weighted by atomic mass is 15.5. The van der Waals surface area contributed by atoms with E-state index in [1.807, 2.05) is 37.4 Å². The van der Waals surface area contributed by atoms with Crippen LogP contribution in [0.5, 0.6) is 0 Å². The summed E-state index contributed by atoms with van der Waals surface area (Å²) in [6, 6.07) is 0. The van der Waals surface area contributed by atoms with Crippen molar-refractivity contribution in [2.24, 2.45) is 7.05 Å². The van der Waals surface area contributed by atoms with Gasteiger partial charge < -0.3 is 0 Å². The van der Waals surface area contributed by atoms with E-state index in [1.54, 1.807) is 4.80 Å². The summed E-state index contributed by atoms with van der Waals surface area (Å²) < 4.78 is 0. The molecule has 15 heavy (non-hydrogen) atoms. The zero-order valence-electron chi connectivity index (χ0n) is 8.72. The Bertz CT molecular complexity index is 461. The molecule has 1 heterocycles. The highest BCUT2D eigenvalue weighted by Crippen LogP contribution is 2.10. The molecule has 1 aliphatic carbocycles. The molecule has 0 atom stereocenters. The zero-order valence-corrected chi connectivity index (χ0v) is 8.72. The Morgan fingerprint density at radius 1 is 1.20 bits per heavy atom. The van der Waals surface area contributed by atoms with Crippen LogP contribution in [0, 0.1) is 0 Å². The second-order valence-electron chi connectivity index (χ2n) is 3.42. The van der Waals surface area contributed by atoms with Gasteiger partial charge in [0.15, 0.2) is 0 Å². The number of fused-ring (bicyclic) bond motifs is 1. The third kappa shape index (κ3) is 2.31. The number of allylic oxidation sites excluding steroid dienone is 6. The Balaban J connectivity index is 2.41. The average Bonchev–Trinajstić information content (AvgIpc) is 2.56. The quantitative estimate of drug-likeness (QED) is 0.640. The topological polar surface area (TPSA) is 30.7 Å². The van der Waals surface area contributed by atoms with E-state index in [4.69, 9.17) is 0 Å². The van der Waals surface area contributed by atoms with Crippen LogP contribution < -0.4 is 0 Å². The minimum Gasteiger partial charge on any atom is -0.187 e. The van der Waals surface area contributed by atoms with Crippen molar-refractivity contribution in [3.63, 3.8) is 0 Å².